The first-order valence-corrected chi connectivity index (χ1v) is 6.35. The van der Waals surface area contributed by atoms with Crippen LogP contribution in [0.15, 0.2) is 18.2 Å². The Morgan fingerprint density at radius 1 is 1.47 bits per heavy atom. The Hall–Kier alpha value is -1.75. The molecule has 0 amide bonds. The molecule has 0 spiro atoms. The molecule has 1 N–H and O–H groups in total. The number of hydrogen-bond donors (Lipinski definition) is 1. The zero-order chi connectivity index (χ0) is 13.8. The number of para-hydroxylation sites is 1. The molecule has 1 aromatic carbocycles. The number of carbonyl (C=O) groups excluding carboxylic acids is 1. The fourth-order valence-electron chi connectivity index (χ4n) is 1.74. The van der Waals surface area contributed by atoms with Crippen LogP contribution in [0.1, 0.15) is 31.4 Å². The van der Waals surface area contributed by atoms with Crippen molar-refractivity contribution in [2.24, 2.45) is 0 Å². The first-order chi connectivity index (χ1) is 9.17. The summed E-state index contributed by atoms with van der Waals surface area (Å²) in [4.78, 5) is 11.6. The third kappa shape index (κ3) is 3.17. The number of methoxy groups -OCH3 is 1. The lowest BCUT2D eigenvalue weighted by Gasteiger charge is -2.17. The van der Waals surface area contributed by atoms with Gasteiger partial charge in [0.15, 0.2) is 17.6 Å². The number of hydrogen-bond acceptors (Lipinski definition) is 5. The Labute approximate surface area is 112 Å². The lowest BCUT2D eigenvalue weighted by molar-refractivity contribution is -0.153. The van der Waals surface area contributed by atoms with E-state index in [9.17, 15) is 9.90 Å². The molecule has 1 aliphatic rings. The van der Waals surface area contributed by atoms with Gasteiger partial charge in [-0.2, -0.15) is 0 Å². The average molecular weight is 266 g/mol. The molecule has 1 fully saturated rings. The highest BCUT2D eigenvalue weighted by Crippen LogP contribution is 2.39. The Morgan fingerprint density at radius 3 is 2.79 bits per heavy atom. The standard InChI is InChI=1S/C14H18O5/c1-3-18-14(16)12(15)10-5-4-6-11(17-2)13(10)19-9-7-8-9/h4-6,9,12,15H,3,7-8H2,1-2H3. The van der Waals surface area contributed by atoms with E-state index in [0.717, 1.165) is 12.8 Å². The predicted molar refractivity (Wildman–Crippen MR) is 68.2 cm³/mol. The van der Waals surface area contributed by atoms with Crippen LogP contribution >= 0.6 is 0 Å². The number of carbonyl (C=O) groups is 1. The summed E-state index contributed by atoms with van der Waals surface area (Å²) in [5.74, 6) is 0.247. The highest BCUT2D eigenvalue weighted by atomic mass is 16.5. The van der Waals surface area contributed by atoms with Gasteiger partial charge in [0, 0.05) is 5.56 Å². The van der Waals surface area contributed by atoms with Crippen LogP contribution in [0.4, 0.5) is 0 Å². The summed E-state index contributed by atoms with van der Waals surface area (Å²) in [6.07, 6.45) is 0.744. The molecule has 1 aliphatic carbocycles. The average Bonchev–Trinajstić information content (AvgIpc) is 3.22. The second-order valence-corrected chi connectivity index (χ2v) is 4.35. The van der Waals surface area contributed by atoms with Crippen molar-refractivity contribution in [2.45, 2.75) is 32.0 Å². The summed E-state index contributed by atoms with van der Waals surface area (Å²) in [7, 11) is 1.52. The maximum absolute atomic E-state index is 11.6. The molecule has 104 valence electrons. The van der Waals surface area contributed by atoms with E-state index in [-0.39, 0.29) is 12.7 Å². The number of benzene rings is 1. The molecule has 0 bridgehead atoms. The van der Waals surface area contributed by atoms with Crippen LogP contribution in [0.5, 0.6) is 11.5 Å². The van der Waals surface area contributed by atoms with Gasteiger partial charge in [0.2, 0.25) is 0 Å². The molecule has 1 unspecified atom stereocenters. The Bertz CT molecular complexity index is 453. The van der Waals surface area contributed by atoms with Crippen LogP contribution in [0.25, 0.3) is 0 Å². The monoisotopic (exact) mass is 266 g/mol. The molecule has 2 rings (SSSR count). The van der Waals surface area contributed by atoms with Gasteiger partial charge in [0.25, 0.3) is 0 Å². The molecule has 1 saturated carbocycles. The van der Waals surface area contributed by atoms with E-state index in [2.05, 4.69) is 0 Å². The summed E-state index contributed by atoms with van der Waals surface area (Å²) in [6, 6.07) is 5.08. The molecule has 0 heterocycles. The van der Waals surface area contributed by atoms with E-state index in [1.807, 2.05) is 0 Å². The highest BCUT2D eigenvalue weighted by Gasteiger charge is 2.30. The van der Waals surface area contributed by atoms with Gasteiger partial charge >= 0.3 is 5.97 Å². The highest BCUT2D eigenvalue weighted by molar-refractivity contribution is 5.77. The Balaban J connectivity index is 2.28. The van der Waals surface area contributed by atoms with Crippen LogP contribution in [0, 0.1) is 0 Å². The number of aliphatic hydroxyl groups is 1. The van der Waals surface area contributed by atoms with Crippen LogP contribution < -0.4 is 9.47 Å². The minimum atomic E-state index is -1.36. The van der Waals surface area contributed by atoms with E-state index in [1.54, 1.807) is 25.1 Å². The fourth-order valence-corrected chi connectivity index (χ4v) is 1.74. The predicted octanol–water partition coefficient (Wildman–Crippen LogP) is 1.83. The smallest absolute Gasteiger partial charge is 0.339 e. The SMILES string of the molecule is CCOC(=O)C(O)c1cccc(OC)c1OC1CC1. The van der Waals surface area contributed by atoms with Crippen molar-refractivity contribution in [3.63, 3.8) is 0 Å². The molecule has 0 aliphatic heterocycles. The topological polar surface area (TPSA) is 65.0 Å². The molecular weight excluding hydrogens is 248 g/mol. The minimum absolute atomic E-state index is 0.143. The van der Waals surface area contributed by atoms with Gasteiger partial charge in [-0.15, -0.1) is 0 Å². The molecule has 1 aromatic rings. The molecule has 5 nitrogen and oxygen atoms in total. The van der Waals surface area contributed by atoms with Crippen molar-refractivity contribution in [3.8, 4) is 11.5 Å². The molecule has 5 heteroatoms. The second kappa shape index (κ2) is 5.93. The summed E-state index contributed by atoms with van der Waals surface area (Å²) >= 11 is 0. The van der Waals surface area contributed by atoms with E-state index in [0.29, 0.717) is 17.1 Å². The normalized spacial score (nSPS) is 15.7. The van der Waals surface area contributed by atoms with E-state index in [4.69, 9.17) is 14.2 Å². The van der Waals surface area contributed by atoms with Crippen molar-refractivity contribution in [1.29, 1.82) is 0 Å². The van der Waals surface area contributed by atoms with Gasteiger partial charge in [-0.05, 0) is 25.8 Å². The van der Waals surface area contributed by atoms with Crippen LogP contribution in [0.3, 0.4) is 0 Å². The zero-order valence-corrected chi connectivity index (χ0v) is 11.1. The van der Waals surface area contributed by atoms with Gasteiger partial charge < -0.3 is 19.3 Å². The molecule has 0 aromatic heterocycles. The van der Waals surface area contributed by atoms with E-state index in [1.165, 1.54) is 7.11 Å². The van der Waals surface area contributed by atoms with Gasteiger partial charge in [0.05, 0.1) is 19.8 Å². The minimum Gasteiger partial charge on any atom is -0.493 e. The number of aliphatic hydroxyl groups excluding tert-OH is 1. The summed E-state index contributed by atoms with van der Waals surface area (Å²) in [6.45, 7) is 1.91. The van der Waals surface area contributed by atoms with E-state index >= 15 is 0 Å². The van der Waals surface area contributed by atoms with E-state index < -0.39 is 12.1 Å². The largest absolute Gasteiger partial charge is 0.493 e. The van der Waals surface area contributed by atoms with Crippen molar-refractivity contribution in [2.75, 3.05) is 13.7 Å². The van der Waals surface area contributed by atoms with Crippen LogP contribution in [-0.2, 0) is 9.53 Å². The number of rotatable bonds is 6. The van der Waals surface area contributed by atoms with Crippen LogP contribution in [-0.4, -0.2) is 30.9 Å². The van der Waals surface area contributed by atoms with Crippen LogP contribution in [0.2, 0.25) is 0 Å². The third-order valence-corrected chi connectivity index (χ3v) is 2.84. The van der Waals surface area contributed by atoms with Gasteiger partial charge in [-0.25, -0.2) is 4.79 Å². The van der Waals surface area contributed by atoms with Gasteiger partial charge in [0.1, 0.15) is 0 Å². The molecule has 0 saturated heterocycles. The second-order valence-electron chi connectivity index (χ2n) is 4.35. The first-order valence-electron chi connectivity index (χ1n) is 6.35. The van der Waals surface area contributed by atoms with Gasteiger partial charge in [-0.1, -0.05) is 12.1 Å². The van der Waals surface area contributed by atoms with Crippen molar-refractivity contribution in [3.05, 3.63) is 23.8 Å². The number of esters is 1. The lowest BCUT2D eigenvalue weighted by atomic mass is 10.1. The number of ether oxygens (including phenoxy) is 3. The van der Waals surface area contributed by atoms with Crippen molar-refractivity contribution in [1.82, 2.24) is 0 Å². The van der Waals surface area contributed by atoms with Crippen molar-refractivity contribution < 1.29 is 24.1 Å². The van der Waals surface area contributed by atoms with Gasteiger partial charge in [-0.3, -0.25) is 0 Å². The molecule has 19 heavy (non-hydrogen) atoms. The summed E-state index contributed by atoms with van der Waals surface area (Å²) in [5.41, 5.74) is 0.379. The van der Waals surface area contributed by atoms with Crippen molar-refractivity contribution >= 4 is 5.97 Å². The molecular formula is C14H18O5. The quantitative estimate of drug-likeness (QED) is 0.796. The zero-order valence-electron chi connectivity index (χ0n) is 11.1. The fraction of sp³-hybridized carbons (Fsp3) is 0.500. The maximum atomic E-state index is 11.6. The Morgan fingerprint density at radius 2 is 2.21 bits per heavy atom. The molecule has 0 radical (unpaired) electrons. The maximum Gasteiger partial charge on any atom is 0.339 e. The lowest BCUT2D eigenvalue weighted by Crippen LogP contribution is -2.17. The summed E-state index contributed by atoms with van der Waals surface area (Å²) < 4.78 is 15.8. The molecule has 1 atom stereocenters. The Kier molecular flexibility index (Phi) is 4.27. The summed E-state index contributed by atoms with van der Waals surface area (Å²) in [5, 5.41) is 10.0. The third-order valence-electron chi connectivity index (χ3n) is 2.84. The first kappa shape index (κ1) is 13.7.